The highest BCUT2D eigenvalue weighted by Crippen LogP contribution is 2.32. The Labute approximate surface area is 180 Å². The molecule has 2 N–H and O–H groups in total. The molecule has 3 heterocycles. The van der Waals surface area contributed by atoms with Crippen molar-refractivity contribution in [2.24, 2.45) is 0 Å². The van der Waals surface area contributed by atoms with Gasteiger partial charge in [0, 0.05) is 0 Å². The second-order valence-corrected chi connectivity index (χ2v) is 8.88. The highest BCUT2D eigenvalue weighted by atomic mass is 35.5. The van der Waals surface area contributed by atoms with Gasteiger partial charge in [-0.1, -0.05) is 16.3 Å². The Hall–Kier alpha value is -3.97. The first-order valence-electron chi connectivity index (χ1n) is 8.69. The summed E-state index contributed by atoms with van der Waals surface area (Å²) in [5, 5.41) is 12.9. The number of H-pyrrole nitrogens is 1. The molecule has 0 amide bonds. The molecule has 162 valence electrons. The van der Waals surface area contributed by atoms with Crippen LogP contribution in [0.25, 0.3) is 27.8 Å². The van der Waals surface area contributed by atoms with Gasteiger partial charge in [0.1, 0.15) is 12.1 Å². The van der Waals surface area contributed by atoms with Gasteiger partial charge in [0.05, 0.1) is 49.0 Å². The van der Waals surface area contributed by atoms with Gasteiger partial charge >= 0.3 is 11.7 Å². The average Bonchev–Trinajstić information content (AvgIpc) is 3.41. The number of aromatic amines is 1. The molecule has 11 nitrogen and oxygen atoms in total. The van der Waals surface area contributed by atoms with Crippen molar-refractivity contribution in [3.63, 3.8) is 0 Å². The number of rotatable bonds is 3. The van der Waals surface area contributed by atoms with Gasteiger partial charge in [-0.15, -0.1) is 0 Å². The molecule has 0 unspecified atom stereocenters. The first-order chi connectivity index (χ1) is 15.2. The maximum Gasteiger partial charge on any atom is 0.362 e. The van der Waals surface area contributed by atoms with E-state index in [1.807, 2.05) is 0 Å². The van der Waals surface area contributed by atoms with Gasteiger partial charge in [0.15, 0.2) is 0 Å². The maximum absolute atomic E-state index is 14.8. The number of nitrogens with zero attached hydrogens (tertiary/aromatic N) is 4. The number of benzene rings is 2. The summed E-state index contributed by atoms with van der Waals surface area (Å²) in [5.74, 6) is -0.886. The molecule has 0 saturated carbocycles. The predicted molar refractivity (Wildman–Crippen MR) is 108 cm³/mol. The van der Waals surface area contributed by atoms with E-state index in [0.717, 1.165) is 28.9 Å². The van der Waals surface area contributed by atoms with Crippen LogP contribution in [-0.2, 0) is 9.84 Å². The summed E-state index contributed by atoms with van der Waals surface area (Å²) in [6, 6.07) is 4.09. The van der Waals surface area contributed by atoms with E-state index in [0.29, 0.717) is 0 Å². The number of aromatic nitrogens is 5. The molecule has 3 aromatic heterocycles. The summed E-state index contributed by atoms with van der Waals surface area (Å²) in [6.07, 6.45) is 3.79. The minimum atomic E-state index is -4.50. The van der Waals surface area contributed by atoms with Crippen LogP contribution < -0.4 is 11.2 Å². The lowest BCUT2D eigenvalue weighted by Crippen LogP contribution is -2.33. The van der Waals surface area contributed by atoms with E-state index < -0.39 is 47.6 Å². The zero-order chi connectivity index (χ0) is 22.8. The minimum Gasteiger partial charge on any atom is -0.431 e. The van der Waals surface area contributed by atoms with Crippen molar-refractivity contribution in [3.05, 3.63) is 74.6 Å². The highest BCUT2D eigenvalue weighted by Gasteiger charge is 2.26. The molecule has 0 aliphatic heterocycles. The van der Waals surface area contributed by atoms with Crippen LogP contribution >= 0.6 is 11.6 Å². The standard InChI is InChI=1S/C18H9ClFN5O6S/c19-10-1-2-13(15-14(10)16(26)25(28)17(27)23-15)32(29,30)8-5-11(20)9-7-22-24(12(9)6-8)18-21-3-4-31-18/h1-7,28H,(H,23,27). The zero-order valence-corrected chi connectivity index (χ0v) is 17.1. The molecule has 0 saturated heterocycles. The highest BCUT2D eigenvalue weighted by molar-refractivity contribution is 7.91. The first-order valence-corrected chi connectivity index (χ1v) is 10.6. The Bertz CT molecular complexity index is 1770. The van der Waals surface area contributed by atoms with Crippen LogP contribution in [0, 0.1) is 5.82 Å². The molecule has 0 radical (unpaired) electrons. The molecule has 2 aromatic carbocycles. The molecule has 0 atom stereocenters. The summed E-state index contributed by atoms with van der Waals surface area (Å²) in [4.78, 5) is 29.2. The Balaban J connectivity index is 1.82. The van der Waals surface area contributed by atoms with Crippen LogP contribution in [0.5, 0.6) is 0 Å². The fourth-order valence-corrected chi connectivity index (χ4v) is 4.97. The third-order valence-electron chi connectivity index (χ3n) is 4.76. The lowest BCUT2D eigenvalue weighted by Gasteiger charge is -2.10. The van der Waals surface area contributed by atoms with Gasteiger partial charge in [0.25, 0.3) is 5.56 Å². The molecule has 0 aliphatic carbocycles. The quantitative estimate of drug-likeness (QED) is 0.373. The Morgan fingerprint density at radius 3 is 2.72 bits per heavy atom. The van der Waals surface area contributed by atoms with Crippen molar-refractivity contribution in [2.75, 3.05) is 0 Å². The average molecular weight is 478 g/mol. The number of sulfone groups is 1. The normalized spacial score (nSPS) is 12.1. The Morgan fingerprint density at radius 2 is 2.00 bits per heavy atom. The van der Waals surface area contributed by atoms with Gasteiger partial charge in [-0.3, -0.25) is 4.79 Å². The van der Waals surface area contributed by atoms with Gasteiger partial charge in [0.2, 0.25) is 9.84 Å². The second-order valence-electron chi connectivity index (χ2n) is 6.56. The van der Waals surface area contributed by atoms with E-state index in [1.165, 1.54) is 18.7 Å². The molecule has 0 fully saturated rings. The number of halogens is 2. The van der Waals surface area contributed by atoms with Crippen molar-refractivity contribution >= 4 is 43.2 Å². The number of oxazole rings is 1. The van der Waals surface area contributed by atoms with Gasteiger partial charge in [-0.25, -0.2) is 22.6 Å². The van der Waals surface area contributed by atoms with E-state index in [2.05, 4.69) is 15.1 Å². The van der Waals surface area contributed by atoms with Gasteiger partial charge in [-0.05, 0) is 24.3 Å². The lowest BCUT2D eigenvalue weighted by molar-refractivity contribution is 0.162. The largest absolute Gasteiger partial charge is 0.431 e. The SMILES string of the molecule is O=c1[nH]c2c(S(=O)(=O)c3cc(F)c4cnn(-c5ncco5)c4c3)ccc(Cl)c2c(=O)n1O. The van der Waals surface area contributed by atoms with Crippen LogP contribution in [0.3, 0.4) is 0 Å². The third-order valence-corrected chi connectivity index (χ3v) is 6.85. The smallest absolute Gasteiger partial charge is 0.362 e. The Morgan fingerprint density at radius 1 is 1.22 bits per heavy atom. The number of hydrogen-bond donors (Lipinski definition) is 2. The molecular formula is C18H9ClFN5O6S. The number of fused-ring (bicyclic) bond motifs is 2. The van der Waals surface area contributed by atoms with E-state index in [-0.39, 0.29) is 26.7 Å². The third kappa shape index (κ3) is 2.75. The zero-order valence-electron chi connectivity index (χ0n) is 15.5. The van der Waals surface area contributed by atoms with Gasteiger partial charge < -0.3 is 14.6 Å². The summed E-state index contributed by atoms with van der Waals surface area (Å²) >= 11 is 5.99. The van der Waals surface area contributed by atoms with Crippen molar-refractivity contribution < 1.29 is 22.4 Å². The molecule has 0 aliphatic rings. The van der Waals surface area contributed by atoms with Crippen LogP contribution in [-0.4, -0.2) is 38.1 Å². The molecule has 0 spiro atoms. The maximum atomic E-state index is 14.8. The molecule has 32 heavy (non-hydrogen) atoms. The van der Waals surface area contributed by atoms with Crippen molar-refractivity contribution in [3.8, 4) is 6.01 Å². The summed E-state index contributed by atoms with van der Waals surface area (Å²) in [7, 11) is -4.50. The van der Waals surface area contributed by atoms with E-state index in [4.69, 9.17) is 16.0 Å². The minimum absolute atomic E-state index is 0.0136. The van der Waals surface area contributed by atoms with Crippen LogP contribution in [0.15, 0.2) is 66.7 Å². The topological polar surface area (TPSA) is 153 Å². The lowest BCUT2D eigenvalue weighted by atomic mass is 10.2. The molecule has 14 heteroatoms. The van der Waals surface area contributed by atoms with Crippen molar-refractivity contribution in [1.29, 1.82) is 0 Å². The van der Waals surface area contributed by atoms with Crippen LogP contribution in [0.2, 0.25) is 5.02 Å². The van der Waals surface area contributed by atoms with Crippen LogP contribution in [0.4, 0.5) is 4.39 Å². The second kappa shape index (κ2) is 6.77. The fraction of sp³-hybridized carbons (Fsp3) is 0. The van der Waals surface area contributed by atoms with E-state index in [1.54, 1.807) is 0 Å². The predicted octanol–water partition coefficient (Wildman–Crippen LogP) is 1.88. The fourth-order valence-electron chi connectivity index (χ4n) is 3.29. The summed E-state index contributed by atoms with van der Waals surface area (Å²) < 4.78 is 47.6. The summed E-state index contributed by atoms with van der Waals surface area (Å²) in [6.45, 7) is 0. The molecular weight excluding hydrogens is 469 g/mol. The van der Waals surface area contributed by atoms with Crippen LogP contribution in [0.1, 0.15) is 0 Å². The van der Waals surface area contributed by atoms with E-state index >= 15 is 0 Å². The van der Waals surface area contributed by atoms with Crippen molar-refractivity contribution in [2.45, 2.75) is 9.79 Å². The monoisotopic (exact) mass is 477 g/mol. The van der Waals surface area contributed by atoms with Crippen molar-refractivity contribution in [1.82, 2.24) is 24.5 Å². The Kier molecular flexibility index (Phi) is 4.22. The molecule has 5 aromatic rings. The molecule has 0 bridgehead atoms. The molecule has 5 rings (SSSR count). The summed E-state index contributed by atoms with van der Waals surface area (Å²) in [5.41, 5.74) is -2.87. The van der Waals surface area contributed by atoms with Gasteiger partial charge in [-0.2, -0.15) is 9.78 Å². The first kappa shape index (κ1) is 20.0. The number of nitrogens with one attached hydrogen (secondary N) is 1. The number of hydrogen-bond acceptors (Lipinski definition) is 8. The van der Waals surface area contributed by atoms with E-state index in [9.17, 15) is 27.6 Å².